The number of hydrogen-bond donors (Lipinski definition) is 2. The van der Waals surface area contributed by atoms with Crippen LogP contribution in [-0.2, 0) is 24.0 Å². The molecule has 170 valence electrons. The highest BCUT2D eigenvalue weighted by Crippen LogP contribution is 2.39. The first-order valence-corrected chi connectivity index (χ1v) is 11.9. The molecule has 2 N–H and O–H groups in total. The molecule has 8 heteroatoms. The molecular formula is C25H24N2O4S2. The van der Waals surface area contributed by atoms with Crippen LogP contribution in [0.5, 0.6) is 5.75 Å². The number of esters is 1. The van der Waals surface area contributed by atoms with Crippen LogP contribution in [0.4, 0.5) is 5.00 Å². The molecule has 0 spiro atoms. The minimum atomic E-state index is -0.397. The van der Waals surface area contributed by atoms with Crippen molar-refractivity contribution in [1.29, 1.82) is 0 Å². The van der Waals surface area contributed by atoms with Crippen molar-refractivity contribution >= 4 is 45.5 Å². The monoisotopic (exact) mass is 480 g/mol. The number of methoxy groups -OCH3 is 1. The molecular weight excluding hydrogens is 456 g/mol. The van der Waals surface area contributed by atoms with Crippen LogP contribution in [0.3, 0.4) is 0 Å². The standard InChI is InChI=1S/C25H24N2O4S2/c1-30-24(29)21-19-11-6-12-20(19)33-23(21)27-25(32)26-22(28)17-9-5-10-18(15-17)31-14-13-16-7-3-2-4-8-16/h2-5,7-10,15H,6,11-14H2,1H3,(H2,26,27,28,32). The summed E-state index contributed by atoms with van der Waals surface area (Å²) in [7, 11) is 1.36. The molecule has 6 nitrogen and oxygen atoms in total. The maximum absolute atomic E-state index is 12.7. The third-order valence-corrected chi connectivity index (χ3v) is 6.77. The van der Waals surface area contributed by atoms with Crippen LogP contribution in [-0.4, -0.2) is 30.7 Å². The van der Waals surface area contributed by atoms with E-state index in [1.807, 2.05) is 24.3 Å². The predicted molar refractivity (Wildman–Crippen MR) is 133 cm³/mol. The second kappa shape index (κ2) is 10.6. The number of thiocarbonyl (C=S) groups is 1. The molecule has 0 bridgehead atoms. The predicted octanol–water partition coefficient (Wildman–Crippen LogP) is 4.77. The van der Waals surface area contributed by atoms with Gasteiger partial charge in [0.1, 0.15) is 10.8 Å². The number of anilines is 1. The van der Waals surface area contributed by atoms with Crippen molar-refractivity contribution in [3.05, 3.63) is 81.7 Å². The number of rotatable bonds is 7. The van der Waals surface area contributed by atoms with Gasteiger partial charge >= 0.3 is 5.97 Å². The highest BCUT2D eigenvalue weighted by atomic mass is 32.1. The van der Waals surface area contributed by atoms with E-state index in [1.165, 1.54) is 24.0 Å². The lowest BCUT2D eigenvalue weighted by Gasteiger charge is -2.11. The summed E-state index contributed by atoms with van der Waals surface area (Å²) in [5.74, 6) is -0.142. The molecule has 0 atom stereocenters. The SMILES string of the molecule is COC(=O)c1c(NC(=S)NC(=O)c2cccc(OCCc3ccccc3)c2)sc2c1CCC2. The van der Waals surface area contributed by atoms with E-state index in [-0.39, 0.29) is 11.0 Å². The maximum atomic E-state index is 12.7. The summed E-state index contributed by atoms with van der Waals surface area (Å²) in [5.41, 5.74) is 3.15. The zero-order valence-corrected chi connectivity index (χ0v) is 19.8. The molecule has 1 amide bonds. The Morgan fingerprint density at radius 1 is 1.09 bits per heavy atom. The van der Waals surface area contributed by atoms with Crippen LogP contribution in [0.15, 0.2) is 54.6 Å². The van der Waals surface area contributed by atoms with Gasteiger partial charge in [0.25, 0.3) is 5.91 Å². The number of aryl methyl sites for hydroxylation is 1. The van der Waals surface area contributed by atoms with Gasteiger partial charge in [0, 0.05) is 16.9 Å². The topological polar surface area (TPSA) is 76.7 Å². The van der Waals surface area contributed by atoms with E-state index in [0.717, 1.165) is 36.1 Å². The molecule has 2 aromatic carbocycles. The summed E-state index contributed by atoms with van der Waals surface area (Å²) >= 11 is 6.82. The van der Waals surface area contributed by atoms with E-state index in [2.05, 4.69) is 22.8 Å². The summed E-state index contributed by atoms with van der Waals surface area (Å²) in [4.78, 5) is 26.2. The Kier molecular flexibility index (Phi) is 7.36. The van der Waals surface area contributed by atoms with E-state index in [4.69, 9.17) is 21.7 Å². The zero-order valence-electron chi connectivity index (χ0n) is 18.2. The molecule has 4 rings (SSSR count). The molecule has 0 saturated carbocycles. The molecule has 3 aromatic rings. The molecule has 0 saturated heterocycles. The lowest BCUT2D eigenvalue weighted by molar-refractivity contribution is 0.0601. The van der Waals surface area contributed by atoms with E-state index >= 15 is 0 Å². The van der Waals surface area contributed by atoms with Gasteiger partial charge in [-0.05, 0) is 60.8 Å². The average Bonchev–Trinajstić information content (AvgIpc) is 3.40. The van der Waals surface area contributed by atoms with Crippen LogP contribution in [0.2, 0.25) is 0 Å². The Balaban J connectivity index is 1.36. The van der Waals surface area contributed by atoms with Gasteiger partial charge in [-0.25, -0.2) is 4.79 Å². The number of fused-ring (bicyclic) bond motifs is 1. The van der Waals surface area contributed by atoms with Crippen molar-refractivity contribution in [2.75, 3.05) is 19.0 Å². The van der Waals surface area contributed by atoms with Crippen molar-refractivity contribution in [3.63, 3.8) is 0 Å². The van der Waals surface area contributed by atoms with Crippen LogP contribution in [0, 0.1) is 0 Å². The maximum Gasteiger partial charge on any atom is 0.341 e. The normalized spacial score (nSPS) is 12.0. The first kappa shape index (κ1) is 22.9. The van der Waals surface area contributed by atoms with Gasteiger partial charge in [-0.1, -0.05) is 36.4 Å². The lowest BCUT2D eigenvalue weighted by Crippen LogP contribution is -2.34. The number of carbonyl (C=O) groups is 2. The quantitative estimate of drug-likeness (QED) is 0.375. The summed E-state index contributed by atoms with van der Waals surface area (Å²) in [5, 5.41) is 6.42. The molecule has 0 radical (unpaired) electrons. The van der Waals surface area contributed by atoms with Gasteiger partial charge in [0.05, 0.1) is 19.3 Å². The Morgan fingerprint density at radius 3 is 2.70 bits per heavy atom. The third kappa shape index (κ3) is 5.58. The number of benzene rings is 2. The second-order valence-electron chi connectivity index (χ2n) is 7.57. The van der Waals surface area contributed by atoms with Gasteiger partial charge in [-0.2, -0.15) is 0 Å². The summed E-state index contributed by atoms with van der Waals surface area (Å²) in [6, 6.07) is 17.0. The molecule has 0 aliphatic heterocycles. The van der Waals surface area contributed by atoms with Crippen LogP contribution in [0.25, 0.3) is 0 Å². The van der Waals surface area contributed by atoms with Crippen LogP contribution in [0.1, 0.15) is 43.1 Å². The fourth-order valence-electron chi connectivity index (χ4n) is 3.78. The zero-order chi connectivity index (χ0) is 23.2. The van der Waals surface area contributed by atoms with E-state index < -0.39 is 5.97 Å². The van der Waals surface area contributed by atoms with Gasteiger partial charge in [0.2, 0.25) is 0 Å². The fraction of sp³-hybridized carbons (Fsp3) is 0.240. The molecule has 0 fully saturated rings. The number of nitrogens with one attached hydrogen (secondary N) is 2. The van der Waals surface area contributed by atoms with Crippen LogP contribution >= 0.6 is 23.6 Å². The molecule has 0 unspecified atom stereocenters. The number of amides is 1. The number of thiophene rings is 1. The van der Waals surface area contributed by atoms with Crippen molar-refractivity contribution in [3.8, 4) is 5.75 Å². The first-order chi connectivity index (χ1) is 16.0. The molecule has 1 aliphatic rings. The van der Waals surface area contributed by atoms with Crippen molar-refractivity contribution in [2.24, 2.45) is 0 Å². The summed E-state index contributed by atoms with van der Waals surface area (Å²) in [6.45, 7) is 0.508. The molecule has 1 aromatic heterocycles. The van der Waals surface area contributed by atoms with Gasteiger partial charge in [-0.15, -0.1) is 11.3 Å². The molecule has 33 heavy (non-hydrogen) atoms. The number of hydrogen-bond acceptors (Lipinski definition) is 6. The van der Waals surface area contributed by atoms with Gasteiger partial charge < -0.3 is 14.8 Å². The minimum Gasteiger partial charge on any atom is -0.493 e. The van der Waals surface area contributed by atoms with Gasteiger partial charge in [0.15, 0.2) is 5.11 Å². The molecule has 1 heterocycles. The fourth-order valence-corrected chi connectivity index (χ4v) is 5.32. The number of carbonyl (C=O) groups excluding carboxylic acids is 2. The third-order valence-electron chi connectivity index (χ3n) is 5.36. The Morgan fingerprint density at radius 2 is 1.91 bits per heavy atom. The van der Waals surface area contributed by atoms with Crippen molar-refractivity contribution in [1.82, 2.24) is 5.32 Å². The highest BCUT2D eigenvalue weighted by Gasteiger charge is 2.27. The van der Waals surface area contributed by atoms with Crippen molar-refractivity contribution < 1.29 is 19.1 Å². The lowest BCUT2D eigenvalue weighted by atomic mass is 10.1. The summed E-state index contributed by atoms with van der Waals surface area (Å²) in [6.07, 6.45) is 3.57. The molecule has 1 aliphatic carbocycles. The average molecular weight is 481 g/mol. The smallest absolute Gasteiger partial charge is 0.341 e. The second-order valence-corrected chi connectivity index (χ2v) is 9.09. The Bertz CT molecular complexity index is 1170. The van der Waals surface area contributed by atoms with E-state index in [9.17, 15) is 9.59 Å². The Labute approximate surface area is 201 Å². The van der Waals surface area contributed by atoms with Crippen molar-refractivity contribution in [2.45, 2.75) is 25.7 Å². The van der Waals surface area contributed by atoms with Crippen LogP contribution < -0.4 is 15.4 Å². The number of ether oxygens (including phenoxy) is 2. The summed E-state index contributed by atoms with van der Waals surface area (Å²) < 4.78 is 10.8. The minimum absolute atomic E-state index is 0.125. The Hall–Kier alpha value is -3.23. The van der Waals surface area contributed by atoms with E-state index in [0.29, 0.717) is 28.5 Å². The van der Waals surface area contributed by atoms with E-state index in [1.54, 1.807) is 18.2 Å². The first-order valence-electron chi connectivity index (χ1n) is 10.7. The van der Waals surface area contributed by atoms with Gasteiger partial charge in [-0.3, -0.25) is 10.1 Å². The highest BCUT2D eigenvalue weighted by molar-refractivity contribution is 7.80. The largest absolute Gasteiger partial charge is 0.493 e.